The van der Waals surface area contributed by atoms with Crippen molar-refractivity contribution in [3.63, 3.8) is 0 Å². The standard InChI is InChI=1S/C30H34N6O5/c1-39-24-14-10-21(11-15-24)19-35(28(26-9-6-18-41-26)30(38)31-23-7-4-3-5-8-23)27(37)20-36-33-29(32-34-36)22-12-16-25(40-2)17-13-22/h6,9-18,23,28H,3-5,7-8,19-20H2,1-2H3,(H,31,38)/t28-/m1/s1. The lowest BCUT2D eigenvalue weighted by Gasteiger charge is -2.32. The van der Waals surface area contributed by atoms with E-state index in [4.69, 9.17) is 13.9 Å². The number of benzene rings is 2. The fourth-order valence-electron chi connectivity index (χ4n) is 5.03. The fraction of sp³-hybridized carbons (Fsp3) is 0.367. The molecular weight excluding hydrogens is 524 g/mol. The number of nitrogens with one attached hydrogen (secondary N) is 1. The molecule has 11 heteroatoms. The van der Waals surface area contributed by atoms with Gasteiger partial charge in [0.2, 0.25) is 11.7 Å². The van der Waals surface area contributed by atoms with Crippen LogP contribution in [0.1, 0.15) is 49.5 Å². The smallest absolute Gasteiger partial charge is 0.250 e. The van der Waals surface area contributed by atoms with E-state index in [2.05, 4.69) is 20.7 Å². The van der Waals surface area contributed by atoms with E-state index in [-0.39, 0.29) is 30.9 Å². The van der Waals surface area contributed by atoms with E-state index in [0.717, 1.165) is 36.8 Å². The minimum atomic E-state index is -0.980. The average Bonchev–Trinajstić information content (AvgIpc) is 3.71. The van der Waals surface area contributed by atoms with Gasteiger partial charge in [0.1, 0.15) is 23.8 Å². The van der Waals surface area contributed by atoms with E-state index in [1.807, 2.05) is 36.4 Å². The van der Waals surface area contributed by atoms with Gasteiger partial charge in [-0.3, -0.25) is 9.59 Å². The molecule has 1 N–H and O–H groups in total. The van der Waals surface area contributed by atoms with E-state index in [9.17, 15) is 9.59 Å². The molecule has 5 rings (SSSR count). The molecule has 0 bridgehead atoms. The molecule has 0 aliphatic heterocycles. The Morgan fingerprint density at radius 2 is 1.68 bits per heavy atom. The van der Waals surface area contributed by atoms with Crippen LogP contribution in [0.4, 0.5) is 0 Å². The first-order valence-electron chi connectivity index (χ1n) is 13.7. The van der Waals surface area contributed by atoms with Crippen LogP contribution in [0, 0.1) is 0 Å². The van der Waals surface area contributed by atoms with Crippen molar-refractivity contribution in [1.29, 1.82) is 0 Å². The number of ether oxygens (including phenoxy) is 2. The van der Waals surface area contributed by atoms with Gasteiger partial charge in [0.05, 0.1) is 20.5 Å². The third-order valence-corrected chi connectivity index (χ3v) is 7.23. The molecule has 2 aromatic carbocycles. The zero-order chi connectivity index (χ0) is 28.6. The molecule has 2 heterocycles. The summed E-state index contributed by atoms with van der Waals surface area (Å²) in [7, 11) is 3.19. The van der Waals surface area contributed by atoms with Crippen molar-refractivity contribution in [3.05, 3.63) is 78.3 Å². The zero-order valence-corrected chi connectivity index (χ0v) is 23.2. The van der Waals surface area contributed by atoms with Crippen molar-refractivity contribution in [2.75, 3.05) is 14.2 Å². The van der Waals surface area contributed by atoms with Crippen molar-refractivity contribution >= 4 is 11.8 Å². The third kappa shape index (κ3) is 6.92. The van der Waals surface area contributed by atoms with Gasteiger partial charge in [-0.1, -0.05) is 31.4 Å². The number of tetrazole rings is 1. The first kappa shape index (κ1) is 27.9. The van der Waals surface area contributed by atoms with Crippen LogP contribution in [0.25, 0.3) is 11.4 Å². The number of hydrogen-bond donors (Lipinski definition) is 1. The molecule has 11 nitrogen and oxygen atoms in total. The molecule has 1 saturated carbocycles. The van der Waals surface area contributed by atoms with Crippen LogP contribution in [0.5, 0.6) is 11.5 Å². The second kappa shape index (κ2) is 13.1. The molecule has 1 aliphatic carbocycles. The Kier molecular flexibility index (Phi) is 8.92. The van der Waals surface area contributed by atoms with Crippen LogP contribution >= 0.6 is 0 Å². The number of carbonyl (C=O) groups is 2. The Hall–Kier alpha value is -4.67. The summed E-state index contributed by atoms with van der Waals surface area (Å²) in [5, 5.41) is 15.8. The highest BCUT2D eigenvalue weighted by atomic mass is 16.5. The first-order chi connectivity index (χ1) is 20.0. The van der Waals surface area contributed by atoms with Crippen molar-refractivity contribution in [2.45, 2.75) is 57.3 Å². The Morgan fingerprint density at radius 1 is 1.00 bits per heavy atom. The Bertz CT molecular complexity index is 1410. The fourth-order valence-corrected chi connectivity index (χ4v) is 5.03. The highest BCUT2D eigenvalue weighted by Gasteiger charge is 2.35. The predicted molar refractivity (Wildman–Crippen MR) is 150 cm³/mol. The molecule has 2 aromatic heterocycles. The van der Waals surface area contributed by atoms with Crippen molar-refractivity contribution in [3.8, 4) is 22.9 Å². The number of aromatic nitrogens is 4. The van der Waals surface area contributed by atoms with Crippen LogP contribution in [0.2, 0.25) is 0 Å². The largest absolute Gasteiger partial charge is 0.497 e. The first-order valence-corrected chi connectivity index (χ1v) is 13.7. The lowest BCUT2D eigenvalue weighted by molar-refractivity contribution is -0.143. The average molecular weight is 559 g/mol. The minimum Gasteiger partial charge on any atom is -0.497 e. The molecule has 2 amide bonds. The van der Waals surface area contributed by atoms with Crippen LogP contribution < -0.4 is 14.8 Å². The van der Waals surface area contributed by atoms with Crippen molar-refractivity contribution in [2.24, 2.45) is 0 Å². The molecule has 0 radical (unpaired) electrons. The Morgan fingerprint density at radius 3 is 2.32 bits per heavy atom. The summed E-state index contributed by atoms with van der Waals surface area (Å²) >= 11 is 0. The Balaban J connectivity index is 1.42. The van der Waals surface area contributed by atoms with Gasteiger partial charge in [-0.05, 0) is 72.1 Å². The number of amides is 2. The lowest BCUT2D eigenvalue weighted by atomic mass is 9.95. The lowest BCUT2D eigenvalue weighted by Crippen LogP contribution is -2.47. The van der Waals surface area contributed by atoms with Crippen molar-refractivity contribution in [1.82, 2.24) is 30.4 Å². The summed E-state index contributed by atoms with van der Waals surface area (Å²) in [5.41, 5.74) is 1.56. The highest BCUT2D eigenvalue weighted by Crippen LogP contribution is 2.27. The molecular formula is C30H34N6O5. The summed E-state index contributed by atoms with van der Waals surface area (Å²) < 4.78 is 16.2. The number of furan rings is 1. The molecule has 1 fully saturated rings. The van der Waals surface area contributed by atoms with Gasteiger partial charge in [0.25, 0.3) is 5.91 Å². The van der Waals surface area contributed by atoms with Crippen LogP contribution in [0.15, 0.2) is 71.3 Å². The van der Waals surface area contributed by atoms with Crippen LogP contribution in [-0.2, 0) is 22.7 Å². The summed E-state index contributed by atoms with van der Waals surface area (Å²) in [4.78, 5) is 30.5. The number of hydrogen-bond acceptors (Lipinski definition) is 8. The van der Waals surface area contributed by atoms with Gasteiger partial charge >= 0.3 is 0 Å². The van der Waals surface area contributed by atoms with E-state index in [1.165, 1.54) is 22.4 Å². The van der Waals surface area contributed by atoms with Gasteiger partial charge in [-0.15, -0.1) is 10.2 Å². The SMILES string of the molecule is COc1ccc(CN(C(=O)Cn2nnc(-c3ccc(OC)cc3)n2)[C@@H](C(=O)NC2CCCCC2)c2ccco2)cc1. The normalized spacial score (nSPS) is 14.3. The highest BCUT2D eigenvalue weighted by molar-refractivity contribution is 5.88. The second-order valence-electron chi connectivity index (χ2n) is 10.0. The quantitative estimate of drug-likeness (QED) is 0.291. The monoisotopic (exact) mass is 558 g/mol. The van der Waals surface area contributed by atoms with Crippen molar-refractivity contribution < 1.29 is 23.5 Å². The predicted octanol–water partition coefficient (Wildman–Crippen LogP) is 4.17. The maximum absolute atomic E-state index is 13.9. The van der Waals surface area contributed by atoms with Crippen LogP contribution in [0.3, 0.4) is 0 Å². The summed E-state index contributed by atoms with van der Waals surface area (Å²) in [6, 6.07) is 17.1. The van der Waals surface area contributed by atoms with Crippen LogP contribution in [-0.4, -0.2) is 57.2 Å². The van der Waals surface area contributed by atoms with E-state index in [0.29, 0.717) is 23.1 Å². The number of rotatable bonds is 11. The maximum Gasteiger partial charge on any atom is 0.250 e. The topological polar surface area (TPSA) is 125 Å². The summed E-state index contributed by atoms with van der Waals surface area (Å²) in [6.07, 6.45) is 6.64. The molecule has 1 atom stereocenters. The van der Waals surface area contributed by atoms with E-state index >= 15 is 0 Å². The number of methoxy groups -OCH3 is 2. The zero-order valence-electron chi connectivity index (χ0n) is 23.2. The summed E-state index contributed by atoms with van der Waals surface area (Å²) in [5.74, 6) is 1.52. The molecule has 0 saturated heterocycles. The Labute approximate surface area is 238 Å². The number of carbonyl (C=O) groups excluding carboxylic acids is 2. The number of nitrogens with zero attached hydrogens (tertiary/aromatic N) is 5. The second-order valence-corrected chi connectivity index (χ2v) is 10.0. The summed E-state index contributed by atoms with van der Waals surface area (Å²) in [6.45, 7) is -0.0560. The van der Waals surface area contributed by atoms with Gasteiger partial charge in [-0.25, -0.2) is 0 Å². The van der Waals surface area contributed by atoms with Gasteiger partial charge in [0.15, 0.2) is 6.04 Å². The third-order valence-electron chi connectivity index (χ3n) is 7.23. The van der Waals surface area contributed by atoms with Gasteiger partial charge in [-0.2, -0.15) is 4.80 Å². The van der Waals surface area contributed by atoms with E-state index < -0.39 is 6.04 Å². The molecule has 214 valence electrons. The molecule has 0 unspecified atom stereocenters. The van der Waals surface area contributed by atoms with Gasteiger partial charge < -0.3 is 24.1 Å². The maximum atomic E-state index is 13.9. The minimum absolute atomic E-state index is 0.0655. The molecule has 41 heavy (non-hydrogen) atoms. The molecule has 0 spiro atoms. The molecule has 1 aliphatic rings. The van der Waals surface area contributed by atoms with E-state index in [1.54, 1.807) is 38.5 Å². The molecule has 4 aromatic rings. The van der Waals surface area contributed by atoms with Gasteiger partial charge in [0, 0.05) is 18.2 Å².